The van der Waals surface area contributed by atoms with Gasteiger partial charge < -0.3 is 15.2 Å². The predicted molar refractivity (Wildman–Crippen MR) is 139 cm³/mol. The van der Waals surface area contributed by atoms with Crippen LogP contribution in [-0.4, -0.2) is 30.1 Å². The number of aryl methyl sites for hydroxylation is 1. The van der Waals surface area contributed by atoms with Gasteiger partial charge in [-0.15, -0.1) is 0 Å². The second-order valence-corrected chi connectivity index (χ2v) is 8.45. The summed E-state index contributed by atoms with van der Waals surface area (Å²) >= 11 is 0. The highest BCUT2D eigenvalue weighted by molar-refractivity contribution is 5.98. The Morgan fingerprint density at radius 2 is 1.72 bits per heavy atom. The number of amides is 1. The molecule has 0 aliphatic heterocycles. The molecule has 4 rings (SSSR count). The number of nitrogens with one attached hydrogen (secondary N) is 1. The minimum absolute atomic E-state index is 0.0239. The average molecular weight is 484 g/mol. The lowest BCUT2D eigenvalue weighted by Gasteiger charge is -2.13. The summed E-state index contributed by atoms with van der Waals surface area (Å²) in [6.45, 7) is 2.11. The Bertz CT molecular complexity index is 1420. The van der Waals surface area contributed by atoms with Crippen LogP contribution in [0.15, 0.2) is 90.5 Å². The van der Waals surface area contributed by atoms with Gasteiger partial charge in [0, 0.05) is 11.9 Å². The molecule has 0 saturated heterocycles. The van der Waals surface area contributed by atoms with Crippen molar-refractivity contribution in [1.82, 2.24) is 5.32 Å². The van der Waals surface area contributed by atoms with Crippen molar-refractivity contribution in [3.05, 3.63) is 119 Å². The number of fused-ring (bicyclic) bond motifs is 1. The van der Waals surface area contributed by atoms with Crippen LogP contribution >= 0.6 is 0 Å². The molecule has 4 aromatic rings. The summed E-state index contributed by atoms with van der Waals surface area (Å²) in [5, 5.41) is 14.2. The molecule has 0 saturated carbocycles. The van der Waals surface area contributed by atoms with E-state index in [4.69, 9.17) is 4.74 Å². The highest BCUT2D eigenvalue weighted by Gasteiger charge is 2.13. The number of carboxylic acid groups (broad SMARTS) is 1. The minimum Gasteiger partial charge on any atom is -0.488 e. The topological polar surface area (TPSA) is 75.6 Å². The van der Waals surface area contributed by atoms with Gasteiger partial charge in [0.05, 0.1) is 11.1 Å². The van der Waals surface area contributed by atoms with Gasteiger partial charge in [-0.1, -0.05) is 60.7 Å². The summed E-state index contributed by atoms with van der Waals surface area (Å²) in [5.74, 6) is -0.934. The lowest BCUT2D eigenvalue weighted by Crippen LogP contribution is -2.29. The number of benzene rings is 4. The summed E-state index contributed by atoms with van der Waals surface area (Å²) in [6, 6.07) is 24.7. The molecule has 0 aromatic heterocycles. The van der Waals surface area contributed by atoms with Gasteiger partial charge in [0.2, 0.25) is 0 Å². The van der Waals surface area contributed by atoms with Crippen molar-refractivity contribution < 1.29 is 23.8 Å². The van der Waals surface area contributed by atoms with Gasteiger partial charge in [-0.2, -0.15) is 0 Å². The lowest BCUT2D eigenvalue weighted by atomic mass is 10.0. The van der Waals surface area contributed by atoms with E-state index in [-0.39, 0.29) is 23.9 Å². The monoisotopic (exact) mass is 483 g/mol. The SMILES string of the molecule is Cc1cc(C=C(COc2cccc3ccccc23)C(=O)NCCc2ccc(F)cc2)ccc1C(=O)O. The van der Waals surface area contributed by atoms with Crippen molar-refractivity contribution in [2.24, 2.45) is 0 Å². The Morgan fingerprint density at radius 1 is 0.972 bits per heavy atom. The molecule has 0 bridgehead atoms. The number of rotatable bonds is 9. The van der Waals surface area contributed by atoms with Gasteiger partial charge in [0.1, 0.15) is 18.2 Å². The Balaban J connectivity index is 1.54. The zero-order valence-electron chi connectivity index (χ0n) is 19.8. The van der Waals surface area contributed by atoms with Crippen LogP contribution in [0, 0.1) is 12.7 Å². The van der Waals surface area contributed by atoms with Crippen molar-refractivity contribution in [2.45, 2.75) is 13.3 Å². The minimum atomic E-state index is -0.999. The van der Waals surface area contributed by atoms with Crippen LogP contribution in [0.2, 0.25) is 0 Å². The molecule has 6 heteroatoms. The Kier molecular flexibility index (Phi) is 7.75. The molecule has 4 aromatic carbocycles. The van der Waals surface area contributed by atoms with E-state index in [0.717, 1.165) is 16.3 Å². The molecule has 0 aliphatic rings. The van der Waals surface area contributed by atoms with E-state index in [1.165, 1.54) is 18.2 Å². The number of carbonyl (C=O) groups excluding carboxylic acids is 1. The smallest absolute Gasteiger partial charge is 0.335 e. The molecule has 36 heavy (non-hydrogen) atoms. The molecular weight excluding hydrogens is 457 g/mol. The van der Waals surface area contributed by atoms with Crippen LogP contribution in [0.4, 0.5) is 4.39 Å². The number of aromatic carboxylic acids is 1. The van der Waals surface area contributed by atoms with Crippen molar-refractivity contribution in [3.63, 3.8) is 0 Å². The van der Waals surface area contributed by atoms with Crippen LogP contribution in [0.3, 0.4) is 0 Å². The normalized spacial score (nSPS) is 11.3. The molecule has 0 atom stereocenters. The lowest BCUT2D eigenvalue weighted by molar-refractivity contribution is -0.117. The van der Waals surface area contributed by atoms with Crippen LogP contribution in [0.5, 0.6) is 5.75 Å². The Hall–Kier alpha value is -4.45. The molecule has 0 heterocycles. The van der Waals surface area contributed by atoms with Crippen LogP contribution in [-0.2, 0) is 11.2 Å². The van der Waals surface area contributed by atoms with Crippen molar-refractivity contribution in [3.8, 4) is 5.75 Å². The van der Waals surface area contributed by atoms with Gasteiger partial charge in [0.15, 0.2) is 0 Å². The molecule has 182 valence electrons. The van der Waals surface area contributed by atoms with Crippen LogP contribution in [0.1, 0.15) is 27.0 Å². The maximum atomic E-state index is 13.1. The van der Waals surface area contributed by atoms with Crippen molar-refractivity contribution >= 4 is 28.7 Å². The van der Waals surface area contributed by atoms with E-state index in [0.29, 0.717) is 35.4 Å². The number of hydrogen-bond acceptors (Lipinski definition) is 3. The van der Waals surface area contributed by atoms with Gasteiger partial charge in [0.25, 0.3) is 5.91 Å². The molecule has 0 aliphatic carbocycles. The van der Waals surface area contributed by atoms with E-state index in [1.54, 1.807) is 37.3 Å². The maximum absolute atomic E-state index is 13.1. The first-order valence-electron chi connectivity index (χ1n) is 11.6. The van der Waals surface area contributed by atoms with Crippen molar-refractivity contribution in [1.29, 1.82) is 0 Å². The molecule has 0 radical (unpaired) electrons. The second kappa shape index (κ2) is 11.3. The summed E-state index contributed by atoms with van der Waals surface area (Å²) in [4.78, 5) is 24.5. The van der Waals surface area contributed by atoms with Gasteiger partial charge >= 0.3 is 5.97 Å². The number of halogens is 1. The number of carbonyl (C=O) groups is 2. The Morgan fingerprint density at radius 3 is 2.47 bits per heavy atom. The second-order valence-electron chi connectivity index (χ2n) is 8.45. The fourth-order valence-electron chi connectivity index (χ4n) is 3.95. The van der Waals surface area contributed by atoms with E-state index in [9.17, 15) is 19.1 Å². The van der Waals surface area contributed by atoms with E-state index >= 15 is 0 Å². The number of ether oxygens (including phenoxy) is 1. The summed E-state index contributed by atoms with van der Waals surface area (Å²) in [6.07, 6.45) is 2.26. The largest absolute Gasteiger partial charge is 0.488 e. The molecule has 0 fully saturated rings. The fourth-order valence-corrected chi connectivity index (χ4v) is 3.95. The third-order valence-electron chi connectivity index (χ3n) is 5.86. The van der Waals surface area contributed by atoms with E-state index in [2.05, 4.69) is 5.32 Å². The molecule has 0 unspecified atom stereocenters. The molecule has 2 N–H and O–H groups in total. The van der Waals surface area contributed by atoms with Gasteiger partial charge in [-0.25, -0.2) is 9.18 Å². The number of carboxylic acids is 1. The summed E-state index contributed by atoms with van der Waals surface area (Å²) in [7, 11) is 0. The quantitative estimate of drug-likeness (QED) is 0.295. The summed E-state index contributed by atoms with van der Waals surface area (Å²) in [5.41, 5.74) is 2.81. The third-order valence-corrected chi connectivity index (χ3v) is 5.86. The average Bonchev–Trinajstić information content (AvgIpc) is 2.87. The molecule has 1 amide bonds. The predicted octanol–water partition coefficient (Wildman–Crippen LogP) is 5.81. The molecule has 5 nitrogen and oxygen atoms in total. The van der Waals surface area contributed by atoms with E-state index < -0.39 is 5.97 Å². The van der Waals surface area contributed by atoms with Crippen LogP contribution in [0.25, 0.3) is 16.8 Å². The standard InChI is InChI=1S/C30H26FNO4/c1-20-17-22(11-14-26(20)30(34)35)18-24(29(33)32-16-15-21-9-12-25(31)13-10-21)19-36-28-8-4-6-23-5-2-3-7-27(23)28/h2-14,17-18H,15-16,19H2,1H3,(H,32,33)(H,34,35). The van der Waals surface area contributed by atoms with E-state index in [1.807, 2.05) is 42.5 Å². The summed E-state index contributed by atoms with van der Waals surface area (Å²) < 4.78 is 19.2. The Labute approximate surface area is 208 Å². The van der Waals surface area contributed by atoms with Gasteiger partial charge in [-0.05, 0) is 65.8 Å². The first kappa shape index (κ1) is 24.7. The molecular formula is C30H26FNO4. The first-order valence-corrected chi connectivity index (χ1v) is 11.6. The third kappa shape index (κ3) is 6.16. The first-order chi connectivity index (χ1) is 17.4. The van der Waals surface area contributed by atoms with Crippen molar-refractivity contribution in [2.75, 3.05) is 13.2 Å². The highest BCUT2D eigenvalue weighted by Crippen LogP contribution is 2.26. The highest BCUT2D eigenvalue weighted by atomic mass is 19.1. The maximum Gasteiger partial charge on any atom is 0.335 e. The molecule has 0 spiro atoms. The number of hydrogen-bond donors (Lipinski definition) is 2. The van der Waals surface area contributed by atoms with Gasteiger partial charge in [-0.3, -0.25) is 4.79 Å². The fraction of sp³-hybridized carbons (Fsp3) is 0.133. The zero-order chi connectivity index (χ0) is 25.5. The zero-order valence-corrected chi connectivity index (χ0v) is 19.8. The van der Waals surface area contributed by atoms with Crippen LogP contribution < -0.4 is 10.1 Å².